The molecule has 0 bridgehead atoms. The lowest BCUT2D eigenvalue weighted by Gasteiger charge is -2.34. The maximum absolute atomic E-state index is 12.7. The van der Waals surface area contributed by atoms with E-state index < -0.39 is 11.9 Å². The average Bonchev–Trinajstić information content (AvgIpc) is 3.13. The molecule has 1 aliphatic carbocycles. The Morgan fingerprint density at radius 1 is 1.24 bits per heavy atom. The molecule has 6 heteroatoms. The zero-order valence-electron chi connectivity index (χ0n) is 13.8. The molecule has 1 aromatic carbocycles. The standard InChI is InChI=1S/C19H20N2O4/c1-21-8-7-12-14(21)9-13(16-15(12)17(22)20-18(16)23)19(24)25-10-11-5-3-2-4-6-11/h2-8,12-14,20,22-23H,9-10H2,1H3. The Labute approximate surface area is 145 Å². The van der Waals surface area contributed by atoms with Crippen molar-refractivity contribution in [3.63, 3.8) is 0 Å². The van der Waals surface area contributed by atoms with Crippen LogP contribution >= 0.6 is 0 Å². The number of esters is 1. The Morgan fingerprint density at radius 2 is 1.96 bits per heavy atom. The molecule has 0 spiro atoms. The van der Waals surface area contributed by atoms with Crippen molar-refractivity contribution < 1.29 is 19.7 Å². The van der Waals surface area contributed by atoms with E-state index in [1.165, 1.54) is 0 Å². The molecule has 0 saturated carbocycles. The van der Waals surface area contributed by atoms with E-state index >= 15 is 0 Å². The number of hydrogen-bond acceptors (Lipinski definition) is 5. The fourth-order valence-corrected chi connectivity index (χ4v) is 3.92. The molecule has 3 unspecified atom stereocenters. The van der Waals surface area contributed by atoms with E-state index in [4.69, 9.17) is 4.74 Å². The molecule has 0 saturated heterocycles. The van der Waals surface area contributed by atoms with Crippen molar-refractivity contribution in [1.82, 2.24) is 9.88 Å². The van der Waals surface area contributed by atoms with E-state index in [0.717, 1.165) is 5.56 Å². The lowest BCUT2D eigenvalue weighted by molar-refractivity contribution is -0.147. The highest BCUT2D eigenvalue weighted by atomic mass is 16.5. The van der Waals surface area contributed by atoms with Gasteiger partial charge >= 0.3 is 5.97 Å². The summed E-state index contributed by atoms with van der Waals surface area (Å²) in [6.45, 7) is 0.185. The van der Waals surface area contributed by atoms with E-state index in [2.05, 4.69) is 4.98 Å². The van der Waals surface area contributed by atoms with Crippen LogP contribution in [-0.2, 0) is 16.1 Å². The second-order valence-corrected chi connectivity index (χ2v) is 6.63. The van der Waals surface area contributed by atoms with Crippen molar-refractivity contribution in [3.8, 4) is 11.8 Å². The van der Waals surface area contributed by atoms with Gasteiger partial charge in [-0.05, 0) is 18.2 Å². The molecule has 1 aromatic heterocycles. The molecular weight excluding hydrogens is 320 g/mol. The number of ether oxygens (including phenoxy) is 1. The van der Waals surface area contributed by atoms with Gasteiger partial charge in [-0.2, -0.15) is 0 Å². The number of aromatic amines is 1. The number of H-pyrrole nitrogens is 1. The Hall–Kier alpha value is -2.89. The number of nitrogens with zero attached hydrogens (tertiary/aromatic N) is 1. The summed E-state index contributed by atoms with van der Waals surface area (Å²) in [6.07, 6.45) is 4.46. The molecule has 6 nitrogen and oxygen atoms in total. The number of aromatic nitrogens is 1. The van der Waals surface area contributed by atoms with E-state index in [1.807, 2.05) is 54.6 Å². The molecule has 2 aromatic rings. The average molecular weight is 340 g/mol. The number of carbonyl (C=O) groups is 1. The van der Waals surface area contributed by atoms with Crippen LogP contribution in [0.4, 0.5) is 0 Å². The summed E-state index contributed by atoms with van der Waals surface area (Å²) in [4.78, 5) is 17.3. The summed E-state index contributed by atoms with van der Waals surface area (Å²) in [5, 5.41) is 20.4. The number of likely N-dealkylation sites (N-methyl/N-ethyl adjacent to an activating group) is 1. The Morgan fingerprint density at radius 3 is 2.72 bits per heavy atom. The van der Waals surface area contributed by atoms with Gasteiger partial charge in [0.15, 0.2) is 11.8 Å². The maximum atomic E-state index is 12.7. The second kappa shape index (κ2) is 5.88. The third-order valence-electron chi connectivity index (χ3n) is 5.17. The molecule has 130 valence electrons. The van der Waals surface area contributed by atoms with Gasteiger partial charge in [-0.25, -0.2) is 0 Å². The summed E-state index contributed by atoms with van der Waals surface area (Å²) in [6, 6.07) is 9.53. The van der Waals surface area contributed by atoms with E-state index in [0.29, 0.717) is 17.5 Å². The first-order chi connectivity index (χ1) is 12.1. The van der Waals surface area contributed by atoms with Crippen molar-refractivity contribution in [2.24, 2.45) is 0 Å². The van der Waals surface area contributed by atoms with Crippen molar-refractivity contribution in [2.75, 3.05) is 7.05 Å². The maximum Gasteiger partial charge on any atom is 0.314 e. The van der Waals surface area contributed by atoms with E-state index in [-0.39, 0.29) is 30.3 Å². The van der Waals surface area contributed by atoms with Crippen molar-refractivity contribution in [1.29, 1.82) is 0 Å². The normalized spacial score (nSPS) is 24.0. The van der Waals surface area contributed by atoms with Gasteiger partial charge in [0, 0.05) is 30.1 Å². The molecular formula is C19H20N2O4. The number of carbonyl (C=O) groups excluding carboxylic acids is 1. The van der Waals surface area contributed by atoms with Crippen LogP contribution in [0.5, 0.6) is 11.8 Å². The highest BCUT2D eigenvalue weighted by Gasteiger charge is 2.45. The Bertz CT molecular complexity index is 827. The highest BCUT2D eigenvalue weighted by Crippen LogP contribution is 2.51. The topological polar surface area (TPSA) is 85.8 Å². The lowest BCUT2D eigenvalue weighted by Crippen LogP contribution is -2.36. The van der Waals surface area contributed by atoms with Crippen LogP contribution in [0.3, 0.4) is 0 Å². The molecule has 1 aliphatic heterocycles. The molecule has 0 radical (unpaired) electrons. The minimum atomic E-state index is -0.612. The summed E-state index contributed by atoms with van der Waals surface area (Å²) < 4.78 is 5.49. The lowest BCUT2D eigenvalue weighted by atomic mass is 9.76. The van der Waals surface area contributed by atoms with E-state index in [9.17, 15) is 15.0 Å². The molecule has 25 heavy (non-hydrogen) atoms. The summed E-state index contributed by atoms with van der Waals surface area (Å²) in [5.74, 6) is -1.29. The van der Waals surface area contributed by atoms with Gasteiger partial charge in [0.05, 0.1) is 5.92 Å². The fraction of sp³-hybridized carbons (Fsp3) is 0.316. The zero-order chi connectivity index (χ0) is 17.6. The Kier molecular flexibility index (Phi) is 3.67. The molecule has 4 rings (SSSR count). The minimum absolute atomic E-state index is 0.0460. The minimum Gasteiger partial charge on any atom is -0.494 e. The summed E-state index contributed by atoms with van der Waals surface area (Å²) >= 11 is 0. The monoisotopic (exact) mass is 340 g/mol. The van der Waals surface area contributed by atoms with Crippen LogP contribution < -0.4 is 0 Å². The number of benzene rings is 1. The quantitative estimate of drug-likeness (QED) is 0.748. The van der Waals surface area contributed by atoms with Gasteiger partial charge in [0.2, 0.25) is 0 Å². The Balaban J connectivity index is 1.61. The predicted octanol–water partition coefficient (Wildman–Crippen LogP) is 2.57. The third kappa shape index (κ3) is 2.54. The van der Waals surface area contributed by atoms with Crippen molar-refractivity contribution in [3.05, 3.63) is 59.3 Å². The van der Waals surface area contributed by atoms with Crippen LogP contribution in [-0.4, -0.2) is 39.2 Å². The van der Waals surface area contributed by atoms with Gasteiger partial charge < -0.3 is 19.8 Å². The van der Waals surface area contributed by atoms with Crippen molar-refractivity contribution >= 4 is 5.97 Å². The largest absolute Gasteiger partial charge is 0.494 e. The van der Waals surface area contributed by atoms with E-state index in [1.54, 1.807) is 0 Å². The first-order valence-electron chi connectivity index (χ1n) is 8.30. The smallest absolute Gasteiger partial charge is 0.314 e. The number of fused-ring (bicyclic) bond motifs is 3. The summed E-state index contributed by atoms with van der Waals surface area (Å²) in [7, 11) is 1.95. The van der Waals surface area contributed by atoms with Crippen LogP contribution in [0.15, 0.2) is 42.6 Å². The van der Waals surface area contributed by atoms with Gasteiger partial charge in [-0.3, -0.25) is 9.78 Å². The predicted molar refractivity (Wildman–Crippen MR) is 91.2 cm³/mol. The molecule has 2 aliphatic rings. The summed E-state index contributed by atoms with van der Waals surface area (Å²) in [5.41, 5.74) is 1.96. The molecule has 0 fully saturated rings. The molecule has 0 amide bonds. The van der Waals surface area contributed by atoms with Crippen LogP contribution in [0.25, 0.3) is 0 Å². The van der Waals surface area contributed by atoms with Gasteiger partial charge in [0.25, 0.3) is 0 Å². The third-order valence-corrected chi connectivity index (χ3v) is 5.17. The van der Waals surface area contributed by atoms with Crippen LogP contribution in [0.1, 0.15) is 34.9 Å². The van der Waals surface area contributed by atoms with Gasteiger partial charge in [-0.1, -0.05) is 36.4 Å². The second-order valence-electron chi connectivity index (χ2n) is 6.63. The molecule has 2 heterocycles. The van der Waals surface area contributed by atoms with Crippen molar-refractivity contribution in [2.45, 2.75) is 30.9 Å². The number of hydrogen-bond donors (Lipinski definition) is 3. The van der Waals surface area contributed by atoms with Gasteiger partial charge in [0.1, 0.15) is 6.61 Å². The SMILES string of the molecule is CN1C=CC2c3c(O)[nH]c(O)c3C(C(=O)OCc3ccccc3)CC21. The number of aromatic hydroxyl groups is 2. The van der Waals surface area contributed by atoms with Crippen LogP contribution in [0.2, 0.25) is 0 Å². The van der Waals surface area contributed by atoms with Gasteiger partial charge in [-0.15, -0.1) is 0 Å². The fourth-order valence-electron chi connectivity index (χ4n) is 3.92. The first-order valence-corrected chi connectivity index (χ1v) is 8.30. The molecule has 3 atom stereocenters. The number of nitrogens with one attached hydrogen (secondary N) is 1. The molecule has 3 N–H and O–H groups in total. The number of rotatable bonds is 3. The zero-order valence-corrected chi connectivity index (χ0v) is 13.8. The highest BCUT2D eigenvalue weighted by molar-refractivity contribution is 5.81. The first kappa shape index (κ1) is 15.6. The van der Waals surface area contributed by atoms with Crippen LogP contribution in [0, 0.1) is 0 Å².